The van der Waals surface area contributed by atoms with Crippen LogP contribution in [0.25, 0.3) is 0 Å². The monoisotopic (exact) mass is 264 g/mol. The van der Waals surface area contributed by atoms with Crippen LogP contribution in [0.5, 0.6) is 0 Å². The van der Waals surface area contributed by atoms with Gasteiger partial charge in [-0.05, 0) is 30.7 Å². The van der Waals surface area contributed by atoms with Crippen LogP contribution >= 0.6 is 11.6 Å². The Labute approximate surface area is 99.5 Å². The molecule has 0 unspecified atom stereocenters. The summed E-state index contributed by atoms with van der Waals surface area (Å²) in [6.07, 6.45) is 0.517. The van der Waals surface area contributed by atoms with Crippen molar-refractivity contribution in [3.05, 3.63) is 29.3 Å². The molecule has 16 heavy (non-hydrogen) atoms. The van der Waals surface area contributed by atoms with Crippen LogP contribution in [0.2, 0.25) is 5.02 Å². The van der Waals surface area contributed by atoms with Crippen molar-refractivity contribution < 1.29 is 13.3 Å². The maximum atomic E-state index is 11.7. The Morgan fingerprint density at radius 1 is 1.31 bits per heavy atom. The molecule has 0 fully saturated rings. The van der Waals surface area contributed by atoms with E-state index in [0.29, 0.717) is 18.1 Å². The highest BCUT2D eigenvalue weighted by molar-refractivity contribution is 7.89. The molecular weight excluding hydrogens is 252 g/mol. The second-order valence-electron chi connectivity index (χ2n) is 3.08. The molecule has 1 aromatic carbocycles. The molecule has 0 atom stereocenters. The molecule has 0 amide bonds. The highest BCUT2D eigenvalue weighted by Crippen LogP contribution is 2.13. The van der Waals surface area contributed by atoms with Gasteiger partial charge in [-0.25, -0.2) is 19.0 Å². The van der Waals surface area contributed by atoms with Gasteiger partial charge in [-0.1, -0.05) is 11.6 Å². The van der Waals surface area contributed by atoms with Crippen molar-refractivity contribution in [2.45, 2.75) is 11.3 Å². The molecule has 0 aromatic heterocycles. The third-order valence-electron chi connectivity index (χ3n) is 1.85. The van der Waals surface area contributed by atoms with E-state index in [9.17, 15) is 8.42 Å². The normalized spacial score (nSPS) is 11.6. The number of rotatable bonds is 6. The van der Waals surface area contributed by atoms with E-state index in [2.05, 4.69) is 9.56 Å². The summed E-state index contributed by atoms with van der Waals surface area (Å²) in [6.45, 7) is 0.589. The first-order chi connectivity index (χ1) is 7.56. The first kappa shape index (κ1) is 13.4. The lowest BCUT2D eigenvalue weighted by atomic mass is 10.4. The maximum absolute atomic E-state index is 11.7. The van der Waals surface area contributed by atoms with E-state index in [-0.39, 0.29) is 11.4 Å². The summed E-state index contributed by atoms with van der Waals surface area (Å²) < 4.78 is 25.8. The third kappa shape index (κ3) is 4.07. The van der Waals surface area contributed by atoms with Gasteiger partial charge in [0.05, 0.1) is 11.5 Å². The summed E-state index contributed by atoms with van der Waals surface area (Å²) in [5.41, 5.74) is 0. The van der Waals surface area contributed by atoms with Crippen molar-refractivity contribution in [2.75, 3.05) is 13.2 Å². The van der Waals surface area contributed by atoms with Gasteiger partial charge in [-0.3, -0.25) is 0 Å². The van der Waals surface area contributed by atoms with Gasteiger partial charge in [0.25, 0.3) is 0 Å². The van der Waals surface area contributed by atoms with Crippen LogP contribution in [0, 0.1) is 0 Å². The van der Waals surface area contributed by atoms with Crippen LogP contribution in [-0.2, 0) is 14.9 Å². The minimum Gasteiger partial charge on any atom is -0.305 e. The number of nitrogens with two attached hydrogens (primary N) is 1. The van der Waals surface area contributed by atoms with Crippen LogP contribution in [0.1, 0.15) is 6.42 Å². The molecule has 3 N–H and O–H groups in total. The Hall–Kier alpha value is -0.660. The maximum Gasteiger partial charge on any atom is 0.240 e. The van der Waals surface area contributed by atoms with Crippen LogP contribution in [0.3, 0.4) is 0 Å². The van der Waals surface area contributed by atoms with Gasteiger partial charge in [0, 0.05) is 11.6 Å². The molecule has 0 spiro atoms. The molecule has 7 heteroatoms. The van der Waals surface area contributed by atoms with Gasteiger partial charge in [-0.15, -0.1) is 0 Å². The van der Waals surface area contributed by atoms with E-state index in [4.69, 9.17) is 17.5 Å². The molecular formula is C9H13ClN2O3S. The Balaban J connectivity index is 2.60. The minimum atomic E-state index is -3.46. The minimum absolute atomic E-state index is 0.186. The van der Waals surface area contributed by atoms with Crippen molar-refractivity contribution in [1.29, 1.82) is 0 Å². The van der Waals surface area contributed by atoms with Crippen molar-refractivity contribution in [3.8, 4) is 0 Å². The van der Waals surface area contributed by atoms with Crippen LogP contribution in [0.4, 0.5) is 0 Å². The summed E-state index contributed by atoms with van der Waals surface area (Å²) in [5, 5.41) is 0.496. The molecule has 0 heterocycles. The molecule has 1 aromatic rings. The lowest BCUT2D eigenvalue weighted by Crippen LogP contribution is -2.25. The number of sulfonamides is 1. The number of hydrogen-bond acceptors (Lipinski definition) is 4. The van der Waals surface area contributed by atoms with E-state index in [1.54, 1.807) is 0 Å². The van der Waals surface area contributed by atoms with Crippen molar-refractivity contribution >= 4 is 21.6 Å². The van der Waals surface area contributed by atoms with Gasteiger partial charge in [0.2, 0.25) is 10.0 Å². The van der Waals surface area contributed by atoms with E-state index in [0.717, 1.165) is 0 Å². The van der Waals surface area contributed by atoms with E-state index >= 15 is 0 Å². The first-order valence-electron chi connectivity index (χ1n) is 4.63. The molecule has 5 nitrogen and oxygen atoms in total. The fourth-order valence-electron chi connectivity index (χ4n) is 1.06. The molecule has 0 saturated heterocycles. The SMILES string of the molecule is NOCCCNS(=O)(=O)c1ccc(Cl)cc1. The number of benzene rings is 1. The zero-order valence-electron chi connectivity index (χ0n) is 8.52. The molecule has 0 aliphatic rings. The second kappa shape index (κ2) is 6.17. The summed E-state index contributed by atoms with van der Waals surface area (Å²) in [7, 11) is -3.46. The summed E-state index contributed by atoms with van der Waals surface area (Å²) in [4.78, 5) is 4.51. The van der Waals surface area contributed by atoms with Crippen molar-refractivity contribution in [3.63, 3.8) is 0 Å². The Morgan fingerprint density at radius 3 is 2.50 bits per heavy atom. The highest BCUT2D eigenvalue weighted by atomic mass is 35.5. The largest absolute Gasteiger partial charge is 0.305 e. The zero-order chi connectivity index (χ0) is 12.0. The third-order valence-corrected chi connectivity index (χ3v) is 3.58. The predicted molar refractivity (Wildman–Crippen MR) is 61.4 cm³/mol. The quantitative estimate of drug-likeness (QED) is 0.591. The predicted octanol–water partition coefficient (Wildman–Crippen LogP) is 0.899. The highest BCUT2D eigenvalue weighted by Gasteiger charge is 2.12. The number of nitrogens with one attached hydrogen (secondary N) is 1. The summed E-state index contributed by atoms with van der Waals surface area (Å²) >= 11 is 5.66. The standard InChI is InChI=1S/C9H13ClN2O3S/c10-8-2-4-9(5-3-8)16(13,14)12-6-1-7-15-11/h2-5,12H,1,6-7,11H2. The fraction of sp³-hybridized carbons (Fsp3) is 0.333. The lowest BCUT2D eigenvalue weighted by Gasteiger charge is -2.06. The molecule has 0 saturated carbocycles. The zero-order valence-corrected chi connectivity index (χ0v) is 10.1. The van der Waals surface area contributed by atoms with E-state index in [1.807, 2.05) is 0 Å². The average Bonchev–Trinajstić information content (AvgIpc) is 2.25. The molecule has 90 valence electrons. The molecule has 1 rings (SSSR count). The van der Waals surface area contributed by atoms with Crippen molar-refractivity contribution in [2.24, 2.45) is 5.90 Å². The van der Waals surface area contributed by atoms with Crippen LogP contribution < -0.4 is 10.6 Å². The molecule has 0 bridgehead atoms. The Bertz CT molecular complexity index is 419. The number of hydrogen-bond donors (Lipinski definition) is 2. The average molecular weight is 265 g/mol. The molecule has 0 aliphatic heterocycles. The summed E-state index contributed by atoms with van der Waals surface area (Å²) in [6, 6.07) is 5.95. The van der Waals surface area contributed by atoms with Crippen molar-refractivity contribution in [1.82, 2.24) is 4.72 Å². The van der Waals surface area contributed by atoms with Crippen LogP contribution in [-0.4, -0.2) is 21.6 Å². The smallest absolute Gasteiger partial charge is 0.240 e. The fourth-order valence-corrected chi connectivity index (χ4v) is 2.26. The Kier molecular flexibility index (Phi) is 5.17. The number of halogens is 1. The van der Waals surface area contributed by atoms with E-state index < -0.39 is 10.0 Å². The first-order valence-corrected chi connectivity index (χ1v) is 6.49. The van der Waals surface area contributed by atoms with Gasteiger partial charge < -0.3 is 4.84 Å². The van der Waals surface area contributed by atoms with Gasteiger partial charge >= 0.3 is 0 Å². The second-order valence-corrected chi connectivity index (χ2v) is 5.28. The molecule has 0 aliphatic carbocycles. The topological polar surface area (TPSA) is 81.4 Å². The molecule has 0 radical (unpaired) electrons. The van der Waals surface area contributed by atoms with E-state index in [1.165, 1.54) is 24.3 Å². The van der Waals surface area contributed by atoms with Gasteiger partial charge in [0.1, 0.15) is 0 Å². The van der Waals surface area contributed by atoms with Gasteiger partial charge in [-0.2, -0.15) is 0 Å². The Morgan fingerprint density at radius 2 is 1.94 bits per heavy atom. The summed E-state index contributed by atoms with van der Waals surface area (Å²) in [5.74, 6) is 4.81. The van der Waals surface area contributed by atoms with Crippen LogP contribution in [0.15, 0.2) is 29.2 Å². The van der Waals surface area contributed by atoms with Gasteiger partial charge in [0.15, 0.2) is 0 Å². The lowest BCUT2D eigenvalue weighted by molar-refractivity contribution is 0.136.